The molecule has 2 aromatic carbocycles. The van der Waals surface area contributed by atoms with Crippen LogP contribution in [0, 0.1) is 19.7 Å². The van der Waals surface area contributed by atoms with E-state index in [0.29, 0.717) is 0 Å². The highest BCUT2D eigenvalue weighted by Gasteiger charge is 2.30. The number of carbonyl (C=O) groups is 1. The quantitative estimate of drug-likeness (QED) is 0.578. The van der Waals surface area contributed by atoms with Crippen LogP contribution in [0.3, 0.4) is 0 Å². The molecule has 0 bridgehead atoms. The number of anilines is 1. The maximum absolute atomic E-state index is 14.5. The molecule has 0 fully saturated rings. The fourth-order valence-corrected chi connectivity index (χ4v) is 5.73. The van der Waals surface area contributed by atoms with Gasteiger partial charge in [0.05, 0.1) is 11.7 Å². The highest BCUT2D eigenvalue weighted by Crippen LogP contribution is 2.28. The minimum atomic E-state index is -4.09. The Labute approximate surface area is 180 Å². The Kier molecular flexibility index (Phi) is 6.58. The van der Waals surface area contributed by atoms with Crippen molar-refractivity contribution in [2.75, 3.05) is 10.8 Å². The third kappa shape index (κ3) is 4.71. The Morgan fingerprint density at radius 3 is 2.53 bits per heavy atom. The van der Waals surface area contributed by atoms with E-state index < -0.39 is 28.3 Å². The van der Waals surface area contributed by atoms with Crippen molar-refractivity contribution in [1.82, 2.24) is 5.32 Å². The number of nitrogens with zero attached hydrogens (tertiary/aromatic N) is 1. The number of sulfonamides is 1. The van der Waals surface area contributed by atoms with Crippen molar-refractivity contribution < 1.29 is 17.6 Å². The van der Waals surface area contributed by atoms with E-state index in [0.717, 1.165) is 32.3 Å². The third-order valence-electron chi connectivity index (χ3n) is 4.73. The fourth-order valence-electron chi connectivity index (χ4n) is 3.19. The summed E-state index contributed by atoms with van der Waals surface area (Å²) in [6.07, 6.45) is 0. The predicted molar refractivity (Wildman–Crippen MR) is 118 cm³/mol. The van der Waals surface area contributed by atoms with E-state index in [4.69, 9.17) is 0 Å². The Balaban J connectivity index is 1.89. The second-order valence-corrected chi connectivity index (χ2v) is 10.1. The normalized spacial score (nSPS) is 12.4. The van der Waals surface area contributed by atoms with Crippen LogP contribution in [0.4, 0.5) is 10.1 Å². The van der Waals surface area contributed by atoms with Crippen LogP contribution < -0.4 is 9.62 Å². The zero-order valence-electron chi connectivity index (χ0n) is 16.9. The van der Waals surface area contributed by atoms with Gasteiger partial charge < -0.3 is 5.32 Å². The molecule has 30 heavy (non-hydrogen) atoms. The lowest BCUT2D eigenvalue weighted by atomic mass is 10.00. The van der Waals surface area contributed by atoms with Crippen LogP contribution in [0.25, 0.3) is 0 Å². The van der Waals surface area contributed by atoms with Crippen molar-refractivity contribution in [3.63, 3.8) is 0 Å². The molecule has 0 saturated carbocycles. The smallest absolute Gasteiger partial charge is 0.274 e. The first-order chi connectivity index (χ1) is 14.2. The summed E-state index contributed by atoms with van der Waals surface area (Å²) in [4.78, 5) is 12.8. The summed E-state index contributed by atoms with van der Waals surface area (Å²) in [5.41, 5.74) is 2.86. The maximum Gasteiger partial charge on any atom is 0.274 e. The average molecular weight is 447 g/mol. The van der Waals surface area contributed by atoms with Crippen molar-refractivity contribution in [3.05, 3.63) is 82.5 Å². The largest absolute Gasteiger partial charge is 0.348 e. The van der Waals surface area contributed by atoms with Gasteiger partial charge in [0, 0.05) is 0 Å². The molecule has 0 saturated heterocycles. The number of nitrogens with one attached hydrogen (secondary N) is 1. The number of hydrogen-bond donors (Lipinski definition) is 1. The van der Waals surface area contributed by atoms with Crippen molar-refractivity contribution in [3.8, 4) is 0 Å². The van der Waals surface area contributed by atoms with Crippen LogP contribution >= 0.6 is 11.3 Å². The number of benzene rings is 2. The van der Waals surface area contributed by atoms with Crippen molar-refractivity contribution in [2.45, 2.75) is 31.0 Å². The first kappa shape index (κ1) is 22.0. The SMILES string of the molecule is Cc1ccc(C)c(C(C)NC(=O)CN(c2ccccc2F)S(=O)(=O)c2cccs2)c1. The summed E-state index contributed by atoms with van der Waals surface area (Å²) in [5.74, 6) is -1.24. The first-order valence-electron chi connectivity index (χ1n) is 9.37. The van der Waals surface area contributed by atoms with Gasteiger partial charge in [-0.3, -0.25) is 9.10 Å². The molecule has 8 heteroatoms. The molecule has 1 heterocycles. The number of aryl methyl sites for hydroxylation is 2. The second kappa shape index (κ2) is 8.97. The Morgan fingerprint density at radius 2 is 1.87 bits per heavy atom. The van der Waals surface area contributed by atoms with Gasteiger partial charge in [-0.05, 0) is 55.5 Å². The van der Waals surface area contributed by atoms with Crippen LogP contribution in [-0.4, -0.2) is 20.9 Å². The van der Waals surface area contributed by atoms with E-state index in [1.807, 2.05) is 39.0 Å². The minimum Gasteiger partial charge on any atom is -0.348 e. The van der Waals surface area contributed by atoms with E-state index in [1.54, 1.807) is 11.4 Å². The van der Waals surface area contributed by atoms with Gasteiger partial charge in [-0.15, -0.1) is 11.3 Å². The average Bonchev–Trinajstić information content (AvgIpc) is 3.24. The van der Waals surface area contributed by atoms with Crippen LogP contribution in [0.2, 0.25) is 0 Å². The number of amides is 1. The molecule has 5 nitrogen and oxygen atoms in total. The Morgan fingerprint density at radius 1 is 1.13 bits per heavy atom. The fraction of sp³-hybridized carbons (Fsp3) is 0.227. The number of carbonyl (C=O) groups excluding carboxylic acids is 1. The van der Waals surface area contributed by atoms with Crippen molar-refractivity contribution >= 4 is 33.0 Å². The molecule has 1 amide bonds. The van der Waals surface area contributed by atoms with E-state index >= 15 is 0 Å². The lowest BCUT2D eigenvalue weighted by molar-refractivity contribution is -0.120. The number of para-hydroxylation sites is 1. The molecule has 1 aromatic heterocycles. The van der Waals surface area contributed by atoms with E-state index in [2.05, 4.69) is 5.32 Å². The third-order valence-corrected chi connectivity index (χ3v) is 7.86. The molecule has 1 atom stereocenters. The number of rotatable bonds is 7. The molecular weight excluding hydrogens is 423 g/mol. The molecule has 3 rings (SSSR count). The monoisotopic (exact) mass is 446 g/mol. The van der Waals surface area contributed by atoms with Crippen LogP contribution in [0.15, 0.2) is 64.2 Å². The molecule has 3 aromatic rings. The number of halogens is 1. The summed E-state index contributed by atoms with van der Waals surface area (Å²) in [7, 11) is -4.09. The second-order valence-electron chi connectivity index (χ2n) is 7.04. The van der Waals surface area contributed by atoms with Crippen molar-refractivity contribution in [2.24, 2.45) is 0 Å². The molecule has 0 aliphatic heterocycles. The molecule has 1 N–H and O–H groups in total. The molecule has 1 unspecified atom stereocenters. The number of hydrogen-bond acceptors (Lipinski definition) is 4. The first-order valence-corrected chi connectivity index (χ1v) is 11.7. The zero-order chi connectivity index (χ0) is 21.9. The minimum absolute atomic E-state index is 0.0427. The molecule has 0 aliphatic carbocycles. The number of thiophene rings is 1. The van der Waals surface area contributed by atoms with E-state index in [9.17, 15) is 17.6 Å². The van der Waals surface area contributed by atoms with Gasteiger partial charge in [0.2, 0.25) is 5.91 Å². The molecular formula is C22H23FN2O3S2. The topological polar surface area (TPSA) is 66.5 Å². The molecule has 158 valence electrons. The van der Waals surface area contributed by atoms with Crippen molar-refractivity contribution in [1.29, 1.82) is 0 Å². The predicted octanol–water partition coefficient (Wildman–Crippen LogP) is 4.58. The molecule has 0 aliphatic rings. The summed E-state index contributed by atoms with van der Waals surface area (Å²) in [6.45, 7) is 5.21. The van der Waals surface area contributed by atoms with Gasteiger partial charge in [-0.2, -0.15) is 0 Å². The summed E-state index contributed by atoms with van der Waals surface area (Å²) in [5, 5.41) is 4.46. The Bertz CT molecular complexity index is 1140. The van der Waals surface area contributed by atoms with Gasteiger partial charge in [-0.1, -0.05) is 42.0 Å². The van der Waals surface area contributed by atoms with Crippen LogP contribution in [0.1, 0.15) is 29.7 Å². The lowest BCUT2D eigenvalue weighted by Gasteiger charge is -2.25. The Hall–Kier alpha value is -2.71. The van der Waals surface area contributed by atoms with Gasteiger partial charge in [0.25, 0.3) is 10.0 Å². The summed E-state index contributed by atoms with van der Waals surface area (Å²) in [6, 6.07) is 14.2. The van der Waals surface area contributed by atoms with Gasteiger partial charge in [-0.25, -0.2) is 12.8 Å². The van der Waals surface area contributed by atoms with Gasteiger partial charge >= 0.3 is 0 Å². The molecule has 0 spiro atoms. The highest BCUT2D eigenvalue weighted by atomic mass is 32.2. The highest BCUT2D eigenvalue weighted by molar-refractivity contribution is 7.94. The van der Waals surface area contributed by atoms with Gasteiger partial charge in [0.1, 0.15) is 16.6 Å². The standard InChI is InChI=1S/C22H23FN2O3S2/c1-15-10-11-16(2)18(13-15)17(3)24-21(26)14-25(20-8-5-4-7-19(20)23)30(27,28)22-9-6-12-29-22/h4-13,17H,14H2,1-3H3,(H,24,26). The van der Waals surface area contributed by atoms with Crippen LogP contribution in [-0.2, 0) is 14.8 Å². The molecule has 0 radical (unpaired) electrons. The van der Waals surface area contributed by atoms with E-state index in [1.165, 1.54) is 30.3 Å². The maximum atomic E-state index is 14.5. The van der Waals surface area contributed by atoms with Crippen LogP contribution in [0.5, 0.6) is 0 Å². The van der Waals surface area contributed by atoms with E-state index in [-0.39, 0.29) is 15.9 Å². The zero-order valence-corrected chi connectivity index (χ0v) is 18.6. The lowest BCUT2D eigenvalue weighted by Crippen LogP contribution is -2.41. The summed E-state index contributed by atoms with van der Waals surface area (Å²) < 4.78 is 41.6. The van der Waals surface area contributed by atoms with Gasteiger partial charge in [0.15, 0.2) is 0 Å². The summed E-state index contributed by atoms with van der Waals surface area (Å²) >= 11 is 1.02.